The van der Waals surface area contributed by atoms with Gasteiger partial charge in [-0.2, -0.15) is 15.8 Å². The molecule has 0 aliphatic heterocycles. The third-order valence-electron chi connectivity index (χ3n) is 1.83. The van der Waals surface area contributed by atoms with Gasteiger partial charge in [0.25, 0.3) is 0 Å². The maximum Gasteiger partial charge on any atom is 0.129 e. The Labute approximate surface area is 93.8 Å². The fraction of sp³-hybridized carbons (Fsp3) is 0. The van der Waals surface area contributed by atoms with E-state index in [0.29, 0.717) is 5.56 Å². The largest absolute Gasteiger partial charge is 0.192 e. The van der Waals surface area contributed by atoms with Crippen molar-refractivity contribution in [3.05, 3.63) is 53.1 Å². The fourth-order valence-electron chi connectivity index (χ4n) is 1.02. The topological polar surface area (TPSA) is 71.4 Å². The van der Waals surface area contributed by atoms with Crippen LogP contribution in [-0.4, -0.2) is 0 Å². The zero-order valence-corrected chi connectivity index (χ0v) is 8.38. The lowest BCUT2D eigenvalue weighted by molar-refractivity contribution is 1.46. The number of hydrogen-bond acceptors (Lipinski definition) is 3. The monoisotopic (exact) mass is 205 g/mol. The first-order valence-corrected chi connectivity index (χ1v) is 4.49. The second kappa shape index (κ2) is 5.81. The summed E-state index contributed by atoms with van der Waals surface area (Å²) in [7, 11) is 0. The van der Waals surface area contributed by atoms with Crippen molar-refractivity contribution >= 4 is 6.08 Å². The molecule has 0 aromatic heterocycles. The first-order chi connectivity index (χ1) is 7.80. The van der Waals surface area contributed by atoms with E-state index in [-0.39, 0.29) is 5.57 Å². The molecule has 0 saturated carbocycles. The predicted octanol–water partition coefficient (Wildman–Crippen LogP) is 2.55. The zero-order chi connectivity index (χ0) is 11.8. The minimum Gasteiger partial charge on any atom is -0.192 e. The van der Waals surface area contributed by atoms with E-state index in [1.807, 2.05) is 6.07 Å². The molecular weight excluding hydrogens is 198 g/mol. The summed E-state index contributed by atoms with van der Waals surface area (Å²) in [5.74, 6) is 0. The molecule has 0 fully saturated rings. The van der Waals surface area contributed by atoms with Gasteiger partial charge in [-0.1, -0.05) is 24.3 Å². The highest BCUT2D eigenvalue weighted by molar-refractivity contribution is 5.54. The zero-order valence-electron chi connectivity index (χ0n) is 8.38. The Morgan fingerprint density at radius 3 is 2.12 bits per heavy atom. The first kappa shape index (κ1) is 11.2. The minimum atomic E-state index is 0.0601. The molecular formula is C13H7N3. The molecule has 0 amide bonds. The van der Waals surface area contributed by atoms with Gasteiger partial charge in [-0.3, -0.25) is 0 Å². The van der Waals surface area contributed by atoms with E-state index in [1.165, 1.54) is 6.08 Å². The van der Waals surface area contributed by atoms with Crippen molar-refractivity contribution in [2.24, 2.45) is 0 Å². The Kier molecular flexibility index (Phi) is 4.08. The highest BCUT2D eigenvalue weighted by Crippen LogP contribution is 2.05. The lowest BCUT2D eigenvalue weighted by atomic mass is 10.1. The molecule has 3 heteroatoms. The van der Waals surface area contributed by atoms with Gasteiger partial charge in [0.2, 0.25) is 0 Å². The summed E-state index contributed by atoms with van der Waals surface area (Å²) < 4.78 is 0. The third-order valence-corrected chi connectivity index (χ3v) is 1.83. The molecule has 0 heterocycles. The van der Waals surface area contributed by atoms with Gasteiger partial charge in [-0.25, -0.2) is 0 Å². The fourth-order valence-corrected chi connectivity index (χ4v) is 1.02. The van der Waals surface area contributed by atoms with E-state index in [4.69, 9.17) is 15.8 Å². The van der Waals surface area contributed by atoms with Crippen molar-refractivity contribution in [3.8, 4) is 18.2 Å². The van der Waals surface area contributed by atoms with E-state index >= 15 is 0 Å². The number of allylic oxidation sites excluding steroid dienone is 3. The molecule has 1 aromatic carbocycles. The molecule has 16 heavy (non-hydrogen) atoms. The lowest BCUT2D eigenvalue weighted by Gasteiger charge is -1.91. The van der Waals surface area contributed by atoms with E-state index in [2.05, 4.69) is 0 Å². The van der Waals surface area contributed by atoms with Crippen LogP contribution in [0, 0.1) is 34.0 Å². The summed E-state index contributed by atoms with van der Waals surface area (Å²) in [4.78, 5) is 0. The van der Waals surface area contributed by atoms with Crippen LogP contribution >= 0.6 is 0 Å². The molecule has 1 aromatic rings. The Morgan fingerprint density at radius 2 is 1.62 bits per heavy atom. The van der Waals surface area contributed by atoms with Crippen LogP contribution in [0.1, 0.15) is 11.1 Å². The van der Waals surface area contributed by atoms with Gasteiger partial charge in [0.05, 0.1) is 11.6 Å². The SMILES string of the molecule is N#CC(C#N)=CC=Cc1ccc(C#N)cc1. The maximum absolute atomic E-state index is 8.59. The molecule has 74 valence electrons. The summed E-state index contributed by atoms with van der Waals surface area (Å²) in [5.41, 5.74) is 1.57. The third kappa shape index (κ3) is 3.14. The number of hydrogen-bond donors (Lipinski definition) is 0. The lowest BCUT2D eigenvalue weighted by Crippen LogP contribution is -1.74. The summed E-state index contributed by atoms with van der Waals surface area (Å²) >= 11 is 0. The summed E-state index contributed by atoms with van der Waals surface area (Å²) in [5, 5.41) is 25.6. The van der Waals surface area contributed by atoms with Gasteiger partial charge in [0.15, 0.2) is 0 Å². The van der Waals surface area contributed by atoms with Crippen molar-refractivity contribution in [2.45, 2.75) is 0 Å². The molecule has 1 rings (SSSR count). The van der Waals surface area contributed by atoms with E-state index in [0.717, 1.165) is 5.56 Å². The van der Waals surface area contributed by atoms with Crippen molar-refractivity contribution < 1.29 is 0 Å². The van der Waals surface area contributed by atoms with Gasteiger partial charge < -0.3 is 0 Å². The van der Waals surface area contributed by atoms with Crippen LogP contribution in [0.3, 0.4) is 0 Å². The van der Waals surface area contributed by atoms with Gasteiger partial charge in [0.1, 0.15) is 17.7 Å². The highest BCUT2D eigenvalue weighted by atomic mass is 14.3. The number of nitriles is 3. The Bertz CT molecular complexity index is 527. The number of nitrogens with zero attached hydrogens (tertiary/aromatic N) is 3. The number of benzene rings is 1. The molecule has 0 N–H and O–H groups in total. The number of rotatable bonds is 2. The van der Waals surface area contributed by atoms with Crippen LogP contribution < -0.4 is 0 Å². The maximum atomic E-state index is 8.59. The average Bonchev–Trinajstić information content (AvgIpc) is 2.35. The molecule has 0 aliphatic rings. The molecule has 3 nitrogen and oxygen atoms in total. The van der Waals surface area contributed by atoms with Crippen LogP contribution in [-0.2, 0) is 0 Å². The van der Waals surface area contributed by atoms with E-state index in [9.17, 15) is 0 Å². The average molecular weight is 205 g/mol. The predicted molar refractivity (Wildman–Crippen MR) is 59.5 cm³/mol. The Morgan fingerprint density at radius 1 is 1.00 bits per heavy atom. The van der Waals surface area contributed by atoms with Crippen LogP contribution in [0.5, 0.6) is 0 Å². The highest BCUT2D eigenvalue weighted by Gasteiger charge is 1.89. The Hall–Kier alpha value is -2.83. The van der Waals surface area contributed by atoms with E-state index < -0.39 is 0 Å². The van der Waals surface area contributed by atoms with Crippen molar-refractivity contribution in [1.29, 1.82) is 15.8 Å². The molecule has 0 unspecified atom stereocenters. The van der Waals surface area contributed by atoms with Crippen LogP contribution in [0.15, 0.2) is 42.0 Å². The quantitative estimate of drug-likeness (QED) is 0.550. The van der Waals surface area contributed by atoms with Crippen molar-refractivity contribution in [2.75, 3.05) is 0 Å². The van der Waals surface area contributed by atoms with E-state index in [1.54, 1.807) is 48.6 Å². The second-order valence-electron chi connectivity index (χ2n) is 2.90. The van der Waals surface area contributed by atoms with Crippen LogP contribution in [0.4, 0.5) is 0 Å². The molecule has 0 spiro atoms. The summed E-state index contributed by atoms with van der Waals surface area (Å²) in [6.07, 6.45) is 4.83. The minimum absolute atomic E-state index is 0.0601. The van der Waals surface area contributed by atoms with Gasteiger partial charge in [0, 0.05) is 0 Å². The van der Waals surface area contributed by atoms with Crippen molar-refractivity contribution in [3.63, 3.8) is 0 Å². The Balaban J connectivity index is 2.80. The first-order valence-electron chi connectivity index (χ1n) is 4.49. The standard InChI is InChI=1S/C13H7N3/c14-8-12-6-4-11(5-7-12)2-1-3-13(9-15)10-16/h1-7H. The van der Waals surface area contributed by atoms with Crippen LogP contribution in [0.25, 0.3) is 6.08 Å². The van der Waals surface area contributed by atoms with Crippen LogP contribution in [0.2, 0.25) is 0 Å². The van der Waals surface area contributed by atoms with Gasteiger partial charge >= 0.3 is 0 Å². The normalized spacial score (nSPS) is 8.81. The smallest absolute Gasteiger partial charge is 0.129 e. The van der Waals surface area contributed by atoms with Gasteiger partial charge in [-0.15, -0.1) is 0 Å². The van der Waals surface area contributed by atoms with Crippen molar-refractivity contribution in [1.82, 2.24) is 0 Å². The molecule has 0 bridgehead atoms. The molecule has 0 saturated heterocycles. The molecule has 0 radical (unpaired) electrons. The van der Waals surface area contributed by atoms with Gasteiger partial charge in [-0.05, 0) is 23.8 Å². The summed E-state index contributed by atoms with van der Waals surface area (Å²) in [6.45, 7) is 0. The summed E-state index contributed by atoms with van der Waals surface area (Å²) in [6, 6.07) is 12.5. The molecule has 0 aliphatic carbocycles. The molecule has 0 atom stereocenters. The second-order valence-corrected chi connectivity index (χ2v) is 2.90.